The van der Waals surface area contributed by atoms with Crippen LogP contribution in [0.4, 0.5) is 0 Å². The SMILES string of the molecule is C/C=C/SSC(C)C(=O)O. The van der Waals surface area contributed by atoms with Gasteiger partial charge >= 0.3 is 5.97 Å². The van der Waals surface area contributed by atoms with Crippen molar-refractivity contribution in [2.75, 3.05) is 0 Å². The van der Waals surface area contributed by atoms with Gasteiger partial charge in [-0.15, -0.1) is 0 Å². The van der Waals surface area contributed by atoms with Crippen LogP contribution in [0.25, 0.3) is 0 Å². The predicted octanol–water partition coefficient (Wildman–Crippen LogP) is 2.37. The number of carbonyl (C=O) groups is 1. The van der Waals surface area contributed by atoms with Crippen LogP contribution in [0.5, 0.6) is 0 Å². The third-order valence-electron chi connectivity index (χ3n) is 0.739. The molecule has 0 aromatic heterocycles. The number of hydrogen-bond acceptors (Lipinski definition) is 3. The number of hydrogen-bond donors (Lipinski definition) is 1. The van der Waals surface area contributed by atoms with Crippen molar-refractivity contribution in [1.82, 2.24) is 0 Å². The van der Waals surface area contributed by atoms with E-state index in [-0.39, 0.29) is 5.25 Å². The van der Waals surface area contributed by atoms with E-state index in [1.165, 1.54) is 21.6 Å². The van der Waals surface area contributed by atoms with Crippen LogP contribution < -0.4 is 0 Å². The number of rotatable bonds is 4. The van der Waals surface area contributed by atoms with Gasteiger partial charge in [0.15, 0.2) is 0 Å². The molecule has 0 aromatic rings. The second-order valence-corrected chi connectivity index (χ2v) is 4.16. The van der Waals surface area contributed by atoms with Crippen LogP contribution in [0.3, 0.4) is 0 Å². The Morgan fingerprint density at radius 1 is 1.70 bits per heavy atom. The van der Waals surface area contributed by atoms with E-state index >= 15 is 0 Å². The average Bonchev–Trinajstić information content (AvgIpc) is 1.88. The topological polar surface area (TPSA) is 37.3 Å². The fraction of sp³-hybridized carbons (Fsp3) is 0.500. The summed E-state index contributed by atoms with van der Waals surface area (Å²) < 4.78 is 0. The van der Waals surface area contributed by atoms with E-state index in [4.69, 9.17) is 5.11 Å². The van der Waals surface area contributed by atoms with E-state index in [2.05, 4.69) is 0 Å². The predicted molar refractivity (Wildman–Crippen MR) is 47.1 cm³/mol. The third kappa shape index (κ3) is 4.76. The van der Waals surface area contributed by atoms with Crippen molar-refractivity contribution >= 4 is 27.6 Å². The maximum absolute atomic E-state index is 10.2. The van der Waals surface area contributed by atoms with Gasteiger partial charge in [0.05, 0.1) is 0 Å². The summed E-state index contributed by atoms with van der Waals surface area (Å²) in [4.78, 5) is 10.2. The highest BCUT2D eigenvalue weighted by Gasteiger charge is 2.09. The van der Waals surface area contributed by atoms with Crippen molar-refractivity contribution in [2.24, 2.45) is 0 Å². The Balaban J connectivity index is 3.39. The second-order valence-electron chi connectivity index (χ2n) is 1.64. The van der Waals surface area contributed by atoms with E-state index in [0.717, 1.165) is 0 Å². The molecule has 0 aliphatic rings. The van der Waals surface area contributed by atoms with Gasteiger partial charge in [0.2, 0.25) is 0 Å². The zero-order valence-electron chi connectivity index (χ0n) is 5.90. The van der Waals surface area contributed by atoms with Crippen LogP contribution in [-0.2, 0) is 4.79 Å². The summed E-state index contributed by atoms with van der Waals surface area (Å²) in [6.45, 7) is 3.57. The van der Waals surface area contributed by atoms with Gasteiger partial charge < -0.3 is 5.11 Å². The Morgan fingerprint density at radius 3 is 2.70 bits per heavy atom. The fourth-order valence-corrected chi connectivity index (χ4v) is 1.91. The molecule has 0 rings (SSSR count). The van der Waals surface area contributed by atoms with Gasteiger partial charge in [0.25, 0.3) is 0 Å². The van der Waals surface area contributed by atoms with Crippen LogP contribution in [-0.4, -0.2) is 16.3 Å². The Morgan fingerprint density at radius 2 is 2.30 bits per heavy atom. The second kappa shape index (κ2) is 5.68. The van der Waals surface area contributed by atoms with Crippen LogP contribution >= 0.6 is 21.6 Å². The fourth-order valence-electron chi connectivity index (χ4n) is 0.212. The molecule has 1 unspecified atom stereocenters. The molecule has 0 bridgehead atoms. The maximum Gasteiger partial charge on any atom is 0.317 e. The molecule has 0 amide bonds. The zero-order valence-corrected chi connectivity index (χ0v) is 7.54. The van der Waals surface area contributed by atoms with Gasteiger partial charge in [0.1, 0.15) is 5.25 Å². The molecule has 0 radical (unpaired) electrons. The summed E-state index contributed by atoms with van der Waals surface area (Å²) in [6, 6.07) is 0. The van der Waals surface area contributed by atoms with Crippen molar-refractivity contribution in [3.05, 3.63) is 11.5 Å². The molecule has 1 atom stereocenters. The third-order valence-corrected chi connectivity index (χ3v) is 3.26. The smallest absolute Gasteiger partial charge is 0.317 e. The summed E-state index contributed by atoms with van der Waals surface area (Å²) in [6.07, 6.45) is 1.88. The lowest BCUT2D eigenvalue weighted by Gasteiger charge is -1.99. The molecule has 0 aliphatic heterocycles. The first-order chi connectivity index (χ1) is 4.68. The van der Waals surface area contributed by atoms with Crippen molar-refractivity contribution in [2.45, 2.75) is 19.1 Å². The molecular formula is C6H10O2S2. The number of carboxylic acids is 1. The summed E-state index contributed by atoms with van der Waals surface area (Å²) in [5.74, 6) is -0.762. The minimum absolute atomic E-state index is 0.332. The van der Waals surface area contributed by atoms with E-state index in [0.29, 0.717) is 0 Å². The minimum atomic E-state index is -0.762. The van der Waals surface area contributed by atoms with Crippen molar-refractivity contribution in [1.29, 1.82) is 0 Å². The molecule has 0 aliphatic carbocycles. The molecular weight excluding hydrogens is 168 g/mol. The molecule has 0 saturated carbocycles. The molecule has 0 aromatic carbocycles. The molecule has 10 heavy (non-hydrogen) atoms. The Labute approximate surface area is 68.5 Å². The highest BCUT2D eigenvalue weighted by molar-refractivity contribution is 8.78. The van der Waals surface area contributed by atoms with Crippen molar-refractivity contribution in [3.8, 4) is 0 Å². The van der Waals surface area contributed by atoms with Crippen molar-refractivity contribution in [3.63, 3.8) is 0 Å². The van der Waals surface area contributed by atoms with Crippen LogP contribution in [0.2, 0.25) is 0 Å². The standard InChI is InChI=1S/C6H10O2S2/c1-3-4-9-10-5(2)6(7)8/h3-5H,1-2H3,(H,7,8)/b4-3+. The summed E-state index contributed by atoms with van der Waals surface area (Å²) in [7, 11) is 2.78. The lowest BCUT2D eigenvalue weighted by Crippen LogP contribution is -2.09. The number of allylic oxidation sites excluding steroid dienone is 1. The normalized spacial score (nSPS) is 13.8. The summed E-state index contributed by atoms with van der Waals surface area (Å²) in [5, 5.41) is 9.96. The summed E-state index contributed by atoms with van der Waals surface area (Å²) >= 11 is 0. The van der Waals surface area contributed by atoms with E-state index < -0.39 is 5.97 Å². The molecule has 4 heteroatoms. The van der Waals surface area contributed by atoms with Gasteiger partial charge in [-0.25, -0.2) is 0 Å². The molecule has 0 heterocycles. The van der Waals surface area contributed by atoms with Gasteiger partial charge in [0, 0.05) is 0 Å². The Hall–Kier alpha value is -0.0900. The highest BCUT2D eigenvalue weighted by Crippen LogP contribution is 2.27. The van der Waals surface area contributed by atoms with Crippen molar-refractivity contribution < 1.29 is 9.90 Å². The van der Waals surface area contributed by atoms with E-state index in [1.54, 1.807) is 6.92 Å². The maximum atomic E-state index is 10.2. The van der Waals surface area contributed by atoms with Gasteiger partial charge in [-0.05, 0) is 19.3 Å². The van der Waals surface area contributed by atoms with E-state index in [1.807, 2.05) is 18.4 Å². The molecule has 0 saturated heterocycles. The summed E-state index contributed by atoms with van der Waals surface area (Å²) in [5.41, 5.74) is 0. The van der Waals surface area contributed by atoms with Crippen LogP contribution in [0, 0.1) is 0 Å². The minimum Gasteiger partial charge on any atom is -0.480 e. The monoisotopic (exact) mass is 178 g/mol. The van der Waals surface area contributed by atoms with Crippen LogP contribution in [0.15, 0.2) is 11.5 Å². The quantitative estimate of drug-likeness (QED) is 0.671. The Kier molecular flexibility index (Phi) is 5.63. The lowest BCUT2D eigenvalue weighted by molar-refractivity contribution is -0.136. The first kappa shape index (κ1) is 9.91. The van der Waals surface area contributed by atoms with E-state index in [9.17, 15) is 4.79 Å². The first-order valence-electron chi connectivity index (χ1n) is 2.84. The van der Waals surface area contributed by atoms with Gasteiger partial charge in [-0.2, -0.15) is 0 Å². The van der Waals surface area contributed by atoms with Crippen LogP contribution in [0.1, 0.15) is 13.8 Å². The number of carboxylic acid groups (broad SMARTS) is 1. The number of aliphatic carboxylic acids is 1. The molecule has 0 spiro atoms. The lowest BCUT2D eigenvalue weighted by atomic mass is 10.5. The first-order valence-corrected chi connectivity index (χ1v) is 5.12. The van der Waals surface area contributed by atoms with Gasteiger partial charge in [-0.3, -0.25) is 4.79 Å². The molecule has 2 nitrogen and oxygen atoms in total. The average molecular weight is 178 g/mol. The molecule has 58 valence electrons. The highest BCUT2D eigenvalue weighted by atomic mass is 33.1. The zero-order chi connectivity index (χ0) is 7.98. The Bertz CT molecular complexity index is 134. The van der Waals surface area contributed by atoms with Gasteiger partial charge in [-0.1, -0.05) is 27.7 Å². The largest absolute Gasteiger partial charge is 0.480 e. The molecule has 1 N–H and O–H groups in total. The molecule has 0 fully saturated rings.